The highest BCUT2D eigenvalue weighted by molar-refractivity contribution is 6.35. The summed E-state index contributed by atoms with van der Waals surface area (Å²) in [5.74, 6) is -0.887. The van der Waals surface area contributed by atoms with E-state index in [0.717, 1.165) is 10.5 Å². The van der Waals surface area contributed by atoms with E-state index in [1.54, 1.807) is 26.1 Å². The molecule has 0 spiro atoms. The van der Waals surface area contributed by atoms with E-state index in [1.165, 1.54) is 11.0 Å². The van der Waals surface area contributed by atoms with Gasteiger partial charge in [0.15, 0.2) is 0 Å². The third-order valence-corrected chi connectivity index (χ3v) is 5.27. The highest BCUT2D eigenvalue weighted by Gasteiger charge is 2.50. The molecular formula is C20H19Cl2N3O3. The molecule has 0 saturated carbocycles. The van der Waals surface area contributed by atoms with Gasteiger partial charge in [-0.2, -0.15) is 0 Å². The molecule has 6 nitrogen and oxygen atoms in total. The van der Waals surface area contributed by atoms with Crippen LogP contribution in [0.1, 0.15) is 18.1 Å². The zero-order chi connectivity index (χ0) is 20.5. The van der Waals surface area contributed by atoms with Crippen LogP contribution in [0.4, 0.5) is 4.79 Å². The summed E-state index contributed by atoms with van der Waals surface area (Å²) in [4.78, 5) is 40.3. The number of hydrogen-bond acceptors (Lipinski definition) is 3. The van der Waals surface area contributed by atoms with Crippen LogP contribution in [0.2, 0.25) is 10.0 Å². The van der Waals surface area contributed by atoms with Gasteiger partial charge in [0, 0.05) is 29.2 Å². The van der Waals surface area contributed by atoms with Crippen LogP contribution in [0.25, 0.3) is 0 Å². The molecule has 1 aliphatic rings. The summed E-state index contributed by atoms with van der Waals surface area (Å²) in [6.45, 7) is 1.58. The maximum atomic E-state index is 13.0. The molecule has 1 heterocycles. The number of halogens is 2. The molecule has 146 valence electrons. The van der Waals surface area contributed by atoms with E-state index in [1.807, 2.05) is 30.3 Å². The highest BCUT2D eigenvalue weighted by Crippen LogP contribution is 2.34. The average Bonchev–Trinajstić information content (AvgIpc) is 2.86. The van der Waals surface area contributed by atoms with Crippen molar-refractivity contribution in [3.8, 4) is 0 Å². The number of nitrogens with zero attached hydrogens (tertiary/aromatic N) is 2. The molecular weight excluding hydrogens is 401 g/mol. The summed E-state index contributed by atoms with van der Waals surface area (Å²) in [6, 6.07) is 13.5. The summed E-state index contributed by atoms with van der Waals surface area (Å²) < 4.78 is 0. The highest BCUT2D eigenvalue weighted by atomic mass is 35.5. The largest absolute Gasteiger partial charge is 0.340 e. The van der Waals surface area contributed by atoms with Crippen LogP contribution in [-0.2, 0) is 21.7 Å². The lowest BCUT2D eigenvalue weighted by atomic mass is 9.92. The lowest BCUT2D eigenvalue weighted by Gasteiger charge is -2.24. The van der Waals surface area contributed by atoms with Crippen molar-refractivity contribution < 1.29 is 14.4 Å². The zero-order valence-corrected chi connectivity index (χ0v) is 16.9. The van der Waals surface area contributed by atoms with Gasteiger partial charge in [-0.15, -0.1) is 0 Å². The van der Waals surface area contributed by atoms with E-state index in [9.17, 15) is 14.4 Å². The van der Waals surface area contributed by atoms with Gasteiger partial charge < -0.3 is 10.2 Å². The van der Waals surface area contributed by atoms with Crippen molar-refractivity contribution in [2.75, 3.05) is 13.6 Å². The Kier molecular flexibility index (Phi) is 5.63. The second kappa shape index (κ2) is 7.81. The van der Waals surface area contributed by atoms with E-state index in [-0.39, 0.29) is 17.5 Å². The number of hydrogen-bond donors (Lipinski definition) is 1. The first-order chi connectivity index (χ1) is 13.2. The Morgan fingerprint density at radius 3 is 2.46 bits per heavy atom. The summed E-state index contributed by atoms with van der Waals surface area (Å²) in [6.07, 6.45) is 0. The van der Waals surface area contributed by atoms with Gasteiger partial charge in [0.25, 0.3) is 5.91 Å². The van der Waals surface area contributed by atoms with Crippen molar-refractivity contribution in [2.45, 2.75) is 19.0 Å². The molecule has 1 N–H and O–H groups in total. The minimum atomic E-state index is -1.36. The van der Waals surface area contributed by atoms with Crippen molar-refractivity contribution >= 4 is 41.0 Å². The number of amides is 4. The van der Waals surface area contributed by atoms with E-state index >= 15 is 0 Å². The topological polar surface area (TPSA) is 69.7 Å². The summed E-state index contributed by atoms with van der Waals surface area (Å²) in [7, 11) is 1.63. The predicted octanol–water partition coefficient (Wildman–Crippen LogP) is 3.42. The molecule has 4 amide bonds. The lowest BCUT2D eigenvalue weighted by molar-refractivity contribution is -0.138. The smallest absolute Gasteiger partial charge is 0.325 e. The zero-order valence-electron chi connectivity index (χ0n) is 15.4. The van der Waals surface area contributed by atoms with Crippen molar-refractivity contribution in [3.63, 3.8) is 0 Å². The molecule has 8 heteroatoms. The molecule has 3 rings (SSSR count). The molecule has 2 aromatic carbocycles. The number of nitrogens with one attached hydrogen (secondary N) is 1. The average molecular weight is 420 g/mol. The van der Waals surface area contributed by atoms with E-state index in [2.05, 4.69) is 5.32 Å². The number of carbonyl (C=O) groups excluding carboxylic acids is 3. The maximum absolute atomic E-state index is 13.0. The van der Waals surface area contributed by atoms with Crippen LogP contribution in [0, 0.1) is 0 Å². The van der Waals surface area contributed by atoms with Crippen LogP contribution in [0.15, 0.2) is 48.5 Å². The van der Waals surface area contributed by atoms with Gasteiger partial charge >= 0.3 is 6.03 Å². The number of benzene rings is 2. The molecule has 1 aliphatic heterocycles. The van der Waals surface area contributed by atoms with Gasteiger partial charge in [0.1, 0.15) is 12.1 Å². The first-order valence-electron chi connectivity index (χ1n) is 8.60. The second-order valence-electron chi connectivity index (χ2n) is 6.81. The number of likely N-dealkylation sites (N-methyl/N-ethyl adjacent to an activating group) is 1. The quantitative estimate of drug-likeness (QED) is 0.754. The van der Waals surface area contributed by atoms with E-state index in [4.69, 9.17) is 23.2 Å². The van der Waals surface area contributed by atoms with Crippen LogP contribution >= 0.6 is 23.2 Å². The number of rotatable bonds is 5. The molecule has 2 aromatic rings. The van der Waals surface area contributed by atoms with Gasteiger partial charge in [-0.25, -0.2) is 4.79 Å². The Morgan fingerprint density at radius 1 is 1.14 bits per heavy atom. The first-order valence-corrected chi connectivity index (χ1v) is 9.35. The fraction of sp³-hybridized carbons (Fsp3) is 0.250. The fourth-order valence-corrected chi connectivity index (χ4v) is 3.72. The summed E-state index contributed by atoms with van der Waals surface area (Å²) in [5, 5.41) is 3.32. The van der Waals surface area contributed by atoms with Crippen LogP contribution in [-0.4, -0.2) is 41.2 Å². The van der Waals surface area contributed by atoms with Crippen LogP contribution < -0.4 is 5.32 Å². The van der Waals surface area contributed by atoms with Crippen LogP contribution in [0.3, 0.4) is 0 Å². The number of imide groups is 1. The van der Waals surface area contributed by atoms with Crippen molar-refractivity contribution in [2.24, 2.45) is 0 Å². The van der Waals surface area contributed by atoms with Crippen molar-refractivity contribution in [1.29, 1.82) is 0 Å². The maximum Gasteiger partial charge on any atom is 0.325 e. The normalized spacial score (nSPS) is 18.9. The Morgan fingerprint density at radius 2 is 1.82 bits per heavy atom. The number of urea groups is 1. The Bertz CT molecular complexity index is 936. The van der Waals surface area contributed by atoms with Crippen molar-refractivity contribution in [1.82, 2.24) is 15.1 Å². The Balaban J connectivity index is 1.75. The molecule has 1 atom stereocenters. The second-order valence-corrected chi connectivity index (χ2v) is 7.65. The summed E-state index contributed by atoms with van der Waals surface area (Å²) in [5.41, 5.74) is 0.00895. The van der Waals surface area contributed by atoms with Gasteiger partial charge in [-0.1, -0.05) is 59.6 Å². The van der Waals surface area contributed by atoms with E-state index in [0.29, 0.717) is 17.1 Å². The van der Waals surface area contributed by atoms with Crippen LogP contribution in [0.5, 0.6) is 0 Å². The minimum Gasteiger partial charge on any atom is -0.340 e. The molecule has 0 radical (unpaired) electrons. The molecule has 1 saturated heterocycles. The molecule has 0 aliphatic carbocycles. The van der Waals surface area contributed by atoms with Crippen molar-refractivity contribution in [3.05, 3.63) is 69.7 Å². The molecule has 1 fully saturated rings. The first kappa shape index (κ1) is 20.2. The molecule has 0 bridgehead atoms. The Hall–Kier alpha value is -2.57. The van der Waals surface area contributed by atoms with E-state index < -0.39 is 17.5 Å². The predicted molar refractivity (Wildman–Crippen MR) is 107 cm³/mol. The Labute approximate surface area is 173 Å². The van der Waals surface area contributed by atoms with Gasteiger partial charge in [0.2, 0.25) is 5.91 Å². The molecule has 1 unspecified atom stereocenters. The molecule has 0 aromatic heterocycles. The summed E-state index contributed by atoms with van der Waals surface area (Å²) >= 11 is 12.1. The SMILES string of the molecule is CN(Cc1ccccc1)C(=O)CN1C(=O)NC(C)(c2ccc(Cl)cc2Cl)C1=O. The monoisotopic (exact) mass is 419 g/mol. The minimum absolute atomic E-state index is 0.262. The van der Waals surface area contributed by atoms with Gasteiger partial charge in [-0.3, -0.25) is 14.5 Å². The van der Waals surface area contributed by atoms with Gasteiger partial charge in [-0.05, 0) is 24.6 Å². The third-order valence-electron chi connectivity index (χ3n) is 4.73. The fourth-order valence-electron chi connectivity index (χ4n) is 3.12. The standard InChI is InChI=1S/C20H19Cl2N3O3/c1-20(15-9-8-14(21)10-16(15)22)18(27)25(19(28)23-20)12-17(26)24(2)11-13-6-4-3-5-7-13/h3-10H,11-12H2,1-2H3,(H,23,28). The molecule has 28 heavy (non-hydrogen) atoms. The number of carbonyl (C=O) groups is 3. The lowest BCUT2D eigenvalue weighted by Crippen LogP contribution is -2.43. The van der Waals surface area contributed by atoms with Gasteiger partial charge in [0.05, 0.1) is 0 Å². The third kappa shape index (κ3) is 3.84.